The normalized spacial score (nSPS) is 18.1. The molecule has 0 radical (unpaired) electrons. The molecular weight excluding hydrogens is 292 g/mol. The lowest BCUT2D eigenvalue weighted by Gasteiger charge is -2.34. The number of hydrogen-bond donors (Lipinski definition) is 0. The first-order valence-electron chi connectivity index (χ1n) is 8.35. The third kappa shape index (κ3) is 5.43. The molecule has 1 unspecified atom stereocenters. The second-order valence-corrected chi connectivity index (χ2v) is 6.19. The van der Waals surface area contributed by atoms with E-state index < -0.39 is 0 Å². The maximum atomic E-state index is 12.4. The van der Waals surface area contributed by atoms with Gasteiger partial charge in [-0.1, -0.05) is 0 Å². The average molecular weight is 320 g/mol. The molecule has 1 aliphatic rings. The number of ether oxygens (including phenoxy) is 2. The van der Waals surface area contributed by atoms with Crippen molar-refractivity contribution in [2.24, 2.45) is 0 Å². The van der Waals surface area contributed by atoms with Crippen molar-refractivity contribution in [2.45, 2.75) is 32.2 Å². The van der Waals surface area contributed by atoms with Gasteiger partial charge in [-0.25, -0.2) is 0 Å². The summed E-state index contributed by atoms with van der Waals surface area (Å²) in [6.07, 6.45) is 3.48. The zero-order chi connectivity index (χ0) is 16.7. The molecule has 1 atom stereocenters. The molecule has 0 aromatic heterocycles. The highest BCUT2D eigenvalue weighted by molar-refractivity contribution is 5.78. The quantitative estimate of drug-likeness (QED) is 0.774. The lowest BCUT2D eigenvalue weighted by Crippen LogP contribution is -2.46. The number of hydrogen-bond acceptors (Lipinski definition) is 4. The molecule has 5 heteroatoms. The number of carbonyl (C=O) groups is 1. The standard InChI is InChI=1S/C18H28N2O3/c1-15-6-4-5-11-20(15)18(21)14-19(2)12-13-23-17-9-7-16(22-3)8-10-17/h7-10,15H,4-6,11-14H2,1-3H3. The van der Waals surface area contributed by atoms with Crippen molar-refractivity contribution in [3.05, 3.63) is 24.3 Å². The van der Waals surface area contributed by atoms with Gasteiger partial charge in [0.1, 0.15) is 18.1 Å². The van der Waals surface area contributed by atoms with E-state index in [1.54, 1.807) is 7.11 Å². The van der Waals surface area contributed by atoms with E-state index in [0.29, 0.717) is 19.2 Å². The number of likely N-dealkylation sites (tertiary alicyclic amines) is 1. The zero-order valence-electron chi connectivity index (χ0n) is 14.5. The zero-order valence-corrected chi connectivity index (χ0v) is 14.5. The molecule has 5 nitrogen and oxygen atoms in total. The lowest BCUT2D eigenvalue weighted by atomic mass is 10.0. The van der Waals surface area contributed by atoms with Crippen molar-refractivity contribution in [3.63, 3.8) is 0 Å². The summed E-state index contributed by atoms with van der Waals surface area (Å²) in [4.78, 5) is 16.4. The predicted molar refractivity (Wildman–Crippen MR) is 91.0 cm³/mol. The van der Waals surface area contributed by atoms with Gasteiger partial charge in [0.25, 0.3) is 0 Å². The Kier molecular flexibility index (Phi) is 6.71. The van der Waals surface area contributed by atoms with Crippen molar-refractivity contribution in [1.82, 2.24) is 9.80 Å². The molecule has 1 aromatic rings. The molecule has 1 aromatic carbocycles. The van der Waals surface area contributed by atoms with Crippen LogP contribution in [0.4, 0.5) is 0 Å². The Morgan fingerprint density at radius 1 is 1.26 bits per heavy atom. The molecule has 1 heterocycles. The van der Waals surface area contributed by atoms with Crippen LogP contribution in [0.2, 0.25) is 0 Å². The Morgan fingerprint density at radius 2 is 1.96 bits per heavy atom. The van der Waals surface area contributed by atoms with E-state index in [4.69, 9.17) is 9.47 Å². The minimum atomic E-state index is 0.226. The number of methoxy groups -OCH3 is 1. The Hall–Kier alpha value is -1.75. The number of rotatable bonds is 7. The van der Waals surface area contributed by atoms with Crippen LogP contribution in [0.1, 0.15) is 26.2 Å². The summed E-state index contributed by atoms with van der Waals surface area (Å²) in [7, 11) is 3.61. The maximum absolute atomic E-state index is 12.4. The van der Waals surface area contributed by atoms with E-state index in [1.165, 1.54) is 6.42 Å². The number of amides is 1. The highest BCUT2D eigenvalue weighted by atomic mass is 16.5. The van der Waals surface area contributed by atoms with Crippen molar-refractivity contribution in [1.29, 1.82) is 0 Å². The molecule has 2 rings (SSSR count). The summed E-state index contributed by atoms with van der Waals surface area (Å²) in [5.41, 5.74) is 0. The van der Waals surface area contributed by atoms with Gasteiger partial charge in [0.05, 0.1) is 13.7 Å². The number of piperidine rings is 1. The van der Waals surface area contributed by atoms with Crippen molar-refractivity contribution >= 4 is 5.91 Å². The fourth-order valence-corrected chi connectivity index (χ4v) is 2.86. The highest BCUT2D eigenvalue weighted by Crippen LogP contribution is 2.17. The largest absolute Gasteiger partial charge is 0.497 e. The van der Waals surface area contributed by atoms with Crippen LogP contribution in [0.25, 0.3) is 0 Å². The average Bonchev–Trinajstić information content (AvgIpc) is 2.55. The van der Waals surface area contributed by atoms with Crippen LogP contribution < -0.4 is 9.47 Å². The summed E-state index contributed by atoms with van der Waals surface area (Å²) in [5, 5.41) is 0. The molecule has 0 saturated carbocycles. The molecule has 1 aliphatic heterocycles. The van der Waals surface area contributed by atoms with Gasteiger partial charge in [0.15, 0.2) is 0 Å². The second kappa shape index (κ2) is 8.77. The molecule has 1 fully saturated rings. The van der Waals surface area contributed by atoms with Gasteiger partial charge in [-0.2, -0.15) is 0 Å². The van der Waals surface area contributed by atoms with Crippen LogP contribution in [0.3, 0.4) is 0 Å². The molecular formula is C18H28N2O3. The molecule has 1 saturated heterocycles. The van der Waals surface area contributed by atoms with E-state index in [-0.39, 0.29) is 5.91 Å². The molecule has 23 heavy (non-hydrogen) atoms. The molecule has 0 bridgehead atoms. The van der Waals surface area contributed by atoms with E-state index >= 15 is 0 Å². The summed E-state index contributed by atoms with van der Waals surface area (Å²) < 4.78 is 10.8. The third-order valence-corrected chi connectivity index (χ3v) is 4.33. The summed E-state index contributed by atoms with van der Waals surface area (Å²) in [6, 6.07) is 7.90. The number of carbonyl (C=O) groups excluding carboxylic acids is 1. The van der Waals surface area contributed by atoms with Crippen LogP contribution in [0.5, 0.6) is 11.5 Å². The van der Waals surface area contributed by atoms with Gasteiger partial charge >= 0.3 is 0 Å². The van der Waals surface area contributed by atoms with Gasteiger partial charge < -0.3 is 14.4 Å². The first-order chi connectivity index (χ1) is 11.1. The highest BCUT2D eigenvalue weighted by Gasteiger charge is 2.23. The van der Waals surface area contributed by atoms with Crippen LogP contribution >= 0.6 is 0 Å². The van der Waals surface area contributed by atoms with E-state index in [1.807, 2.05) is 41.1 Å². The molecule has 0 N–H and O–H groups in total. The monoisotopic (exact) mass is 320 g/mol. The van der Waals surface area contributed by atoms with Gasteiger partial charge in [-0.05, 0) is 57.5 Å². The summed E-state index contributed by atoms with van der Waals surface area (Å²) in [6.45, 7) is 4.78. The maximum Gasteiger partial charge on any atom is 0.236 e. The van der Waals surface area contributed by atoms with Crippen molar-refractivity contribution in [3.8, 4) is 11.5 Å². The number of benzene rings is 1. The number of likely N-dealkylation sites (N-methyl/N-ethyl adjacent to an activating group) is 1. The molecule has 1 amide bonds. The Labute approximate surface area is 139 Å². The van der Waals surface area contributed by atoms with Crippen LogP contribution in [-0.2, 0) is 4.79 Å². The molecule has 0 spiro atoms. The summed E-state index contributed by atoms with van der Waals surface area (Å²) >= 11 is 0. The minimum absolute atomic E-state index is 0.226. The van der Waals surface area contributed by atoms with Gasteiger partial charge in [0, 0.05) is 19.1 Å². The topological polar surface area (TPSA) is 42.0 Å². The smallest absolute Gasteiger partial charge is 0.236 e. The van der Waals surface area contributed by atoms with E-state index in [0.717, 1.165) is 37.4 Å². The lowest BCUT2D eigenvalue weighted by molar-refractivity contribution is -0.135. The Bertz CT molecular complexity index is 490. The number of nitrogens with zero attached hydrogens (tertiary/aromatic N) is 2. The molecule has 0 aliphatic carbocycles. The van der Waals surface area contributed by atoms with Gasteiger partial charge in [0.2, 0.25) is 5.91 Å². The fourth-order valence-electron chi connectivity index (χ4n) is 2.86. The Balaban J connectivity index is 1.69. The fraction of sp³-hybridized carbons (Fsp3) is 0.611. The predicted octanol–water partition coefficient (Wildman–Crippen LogP) is 2.41. The molecule has 128 valence electrons. The third-order valence-electron chi connectivity index (χ3n) is 4.33. The van der Waals surface area contributed by atoms with E-state index in [2.05, 4.69) is 6.92 Å². The summed E-state index contributed by atoms with van der Waals surface area (Å²) in [5.74, 6) is 1.86. The van der Waals surface area contributed by atoms with Crippen molar-refractivity contribution < 1.29 is 14.3 Å². The second-order valence-electron chi connectivity index (χ2n) is 6.19. The minimum Gasteiger partial charge on any atom is -0.497 e. The first kappa shape index (κ1) is 17.6. The van der Waals surface area contributed by atoms with Gasteiger partial charge in [-0.15, -0.1) is 0 Å². The first-order valence-corrected chi connectivity index (χ1v) is 8.35. The van der Waals surface area contributed by atoms with Crippen LogP contribution in [-0.4, -0.2) is 62.1 Å². The van der Waals surface area contributed by atoms with Crippen LogP contribution in [0, 0.1) is 0 Å². The SMILES string of the molecule is COc1ccc(OCCN(C)CC(=O)N2CCCCC2C)cc1. The van der Waals surface area contributed by atoms with E-state index in [9.17, 15) is 4.79 Å². The van der Waals surface area contributed by atoms with Crippen LogP contribution in [0.15, 0.2) is 24.3 Å². The van der Waals surface area contributed by atoms with Crippen molar-refractivity contribution in [2.75, 3.05) is 40.4 Å². The Morgan fingerprint density at radius 3 is 2.61 bits per heavy atom. The van der Waals surface area contributed by atoms with Gasteiger partial charge in [-0.3, -0.25) is 9.69 Å².